The minimum Gasteiger partial charge on any atom is -0.448 e. The molecule has 1 aliphatic carbocycles. The molecule has 0 saturated heterocycles. The fraction of sp³-hybridized carbons (Fsp3) is 0.683. The van der Waals surface area contributed by atoms with Crippen LogP contribution in [0, 0.1) is 0 Å². The lowest BCUT2D eigenvalue weighted by atomic mass is 9.98. The summed E-state index contributed by atoms with van der Waals surface area (Å²) < 4.78 is 39.2. The van der Waals surface area contributed by atoms with Crippen molar-refractivity contribution in [1.29, 1.82) is 0 Å². The van der Waals surface area contributed by atoms with Crippen LogP contribution in [-0.4, -0.2) is 110 Å². The van der Waals surface area contributed by atoms with Crippen LogP contribution in [0.5, 0.6) is 0 Å². The Hall–Kier alpha value is -2.53. The second kappa shape index (κ2) is 28.1. The molecule has 0 radical (unpaired) electrons. The molecule has 1 aliphatic rings. The smallest absolute Gasteiger partial charge is 0.409 e. The van der Waals surface area contributed by atoms with Crippen molar-refractivity contribution in [2.24, 2.45) is 0 Å². The monoisotopic (exact) mass is 699 g/mol. The SMILES string of the molecule is CCCCCCCCCCCCCOCCOCCOCCOCCOCCOCCN(C)C(=O)OCC1c2ccccc2-c2ccccc21. The van der Waals surface area contributed by atoms with Gasteiger partial charge in [0, 0.05) is 26.1 Å². The Morgan fingerprint density at radius 3 is 1.36 bits per heavy atom. The van der Waals surface area contributed by atoms with Gasteiger partial charge < -0.3 is 38.1 Å². The molecular formula is C41H65NO8. The molecule has 3 rings (SSSR count). The lowest BCUT2D eigenvalue weighted by molar-refractivity contribution is -0.0174. The summed E-state index contributed by atoms with van der Waals surface area (Å²) >= 11 is 0. The fourth-order valence-corrected chi connectivity index (χ4v) is 6.07. The number of carbonyl (C=O) groups is 1. The van der Waals surface area contributed by atoms with Crippen LogP contribution in [-0.2, 0) is 33.2 Å². The van der Waals surface area contributed by atoms with Gasteiger partial charge in [0.25, 0.3) is 0 Å². The van der Waals surface area contributed by atoms with Crippen molar-refractivity contribution in [3.05, 3.63) is 59.7 Å². The number of hydrogen-bond donors (Lipinski definition) is 0. The van der Waals surface area contributed by atoms with Gasteiger partial charge in [-0.25, -0.2) is 4.79 Å². The molecule has 2 aromatic carbocycles. The number of carbonyl (C=O) groups excluding carboxylic acids is 1. The molecule has 1 amide bonds. The summed E-state index contributed by atoms with van der Waals surface area (Å²) in [5.74, 6) is 0.0496. The highest BCUT2D eigenvalue weighted by Crippen LogP contribution is 2.44. The van der Waals surface area contributed by atoms with Crippen molar-refractivity contribution < 1.29 is 38.0 Å². The van der Waals surface area contributed by atoms with Crippen molar-refractivity contribution in [3.8, 4) is 11.1 Å². The number of benzene rings is 2. The second-order valence-corrected chi connectivity index (χ2v) is 12.9. The van der Waals surface area contributed by atoms with Gasteiger partial charge in [0.2, 0.25) is 0 Å². The van der Waals surface area contributed by atoms with Gasteiger partial charge in [-0.15, -0.1) is 0 Å². The topological polar surface area (TPSA) is 84.9 Å². The summed E-state index contributed by atoms with van der Waals surface area (Å²) in [7, 11) is 1.73. The molecular weight excluding hydrogens is 634 g/mol. The molecule has 0 spiro atoms. The lowest BCUT2D eigenvalue weighted by Gasteiger charge is -2.19. The van der Waals surface area contributed by atoms with E-state index in [0.29, 0.717) is 85.8 Å². The molecule has 9 nitrogen and oxygen atoms in total. The Morgan fingerprint density at radius 2 is 0.900 bits per heavy atom. The molecule has 50 heavy (non-hydrogen) atoms. The normalized spacial score (nSPS) is 12.3. The zero-order valence-electron chi connectivity index (χ0n) is 31.1. The largest absolute Gasteiger partial charge is 0.448 e. The molecule has 0 fully saturated rings. The Bertz CT molecular complexity index is 1090. The molecule has 0 N–H and O–H groups in total. The number of fused-ring (bicyclic) bond motifs is 3. The van der Waals surface area contributed by atoms with Crippen LogP contribution >= 0.6 is 0 Å². The Balaban J connectivity index is 1.00. The minimum atomic E-state index is -0.352. The van der Waals surface area contributed by atoms with E-state index in [1.54, 1.807) is 11.9 Å². The van der Waals surface area contributed by atoms with Gasteiger partial charge in [0.15, 0.2) is 0 Å². The Labute approximate surface area is 302 Å². The van der Waals surface area contributed by atoms with Gasteiger partial charge in [-0.1, -0.05) is 120 Å². The number of unbranched alkanes of at least 4 members (excludes halogenated alkanes) is 10. The van der Waals surface area contributed by atoms with Crippen LogP contribution in [0.3, 0.4) is 0 Å². The molecule has 2 aromatic rings. The first-order chi connectivity index (χ1) is 24.7. The average Bonchev–Trinajstić information content (AvgIpc) is 3.46. The van der Waals surface area contributed by atoms with Crippen LogP contribution in [0.2, 0.25) is 0 Å². The molecule has 282 valence electrons. The van der Waals surface area contributed by atoms with Gasteiger partial charge in [0.05, 0.1) is 72.7 Å². The summed E-state index contributed by atoms with van der Waals surface area (Å²) in [5, 5.41) is 0. The summed E-state index contributed by atoms with van der Waals surface area (Å²) in [6, 6.07) is 16.6. The van der Waals surface area contributed by atoms with Gasteiger partial charge in [0.1, 0.15) is 6.61 Å². The maximum atomic E-state index is 12.6. The van der Waals surface area contributed by atoms with Crippen LogP contribution < -0.4 is 0 Å². The highest BCUT2D eigenvalue weighted by atomic mass is 16.6. The van der Waals surface area contributed by atoms with E-state index in [1.165, 1.54) is 86.5 Å². The number of ether oxygens (including phenoxy) is 7. The van der Waals surface area contributed by atoms with Crippen molar-refractivity contribution >= 4 is 6.09 Å². The van der Waals surface area contributed by atoms with E-state index >= 15 is 0 Å². The van der Waals surface area contributed by atoms with Gasteiger partial charge in [-0.2, -0.15) is 0 Å². The van der Waals surface area contributed by atoms with E-state index in [-0.39, 0.29) is 12.0 Å². The van der Waals surface area contributed by atoms with Crippen molar-refractivity contribution in [3.63, 3.8) is 0 Å². The number of rotatable bonds is 32. The number of hydrogen-bond acceptors (Lipinski definition) is 8. The summed E-state index contributed by atoms with van der Waals surface area (Å²) in [6.45, 7) is 9.58. The highest BCUT2D eigenvalue weighted by molar-refractivity contribution is 5.79. The first-order valence-electron chi connectivity index (χ1n) is 19.2. The zero-order chi connectivity index (χ0) is 35.3. The van der Waals surface area contributed by atoms with E-state index in [0.717, 1.165) is 13.0 Å². The molecule has 0 heterocycles. The summed E-state index contributed by atoms with van der Waals surface area (Å²) in [4.78, 5) is 14.1. The Kier molecular flexibility index (Phi) is 23.5. The van der Waals surface area contributed by atoms with Gasteiger partial charge in [-0.05, 0) is 28.7 Å². The number of amides is 1. The second-order valence-electron chi connectivity index (χ2n) is 12.9. The van der Waals surface area contributed by atoms with Crippen LogP contribution in [0.4, 0.5) is 4.79 Å². The highest BCUT2D eigenvalue weighted by Gasteiger charge is 2.29. The van der Waals surface area contributed by atoms with Crippen LogP contribution in [0.25, 0.3) is 11.1 Å². The quantitative estimate of drug-likeness (QED) is 0.0706. The average molecular weight is 700 g/mol. The van der Waals surface area contributed by atoms with E-state index < -0.39 is 0 Å². The molecule has 0 aromatic heterocycles. The van der Waals surface area contributed by atoms with E-state index in [1.807, 2.05) is 24.3 Å². The first kappa shape index (κ1) is 41.9. The molecule has 0 atom stereocenters. The van der Waals surface area contributed by atoms with Crippen molar-refractivity contribution in [1.82, 2.24) is 4.90 Å². The Morgan fingerprint density at radius 1 is 0.520 bits per heavy atom. The minimum absolute atomic E-state index is 0.0496. The van der Waals surface area contributed by atoms with Crippen LogP contribution in [0.15, 0.2) is 48.5 Å². The standard InChI is InChI=1S/C41H65NO8/c1-3-4-5-6-7-8-9-10-11-12-17-23-44-25-27-46-29-31-48-33-34-49-32-30-47-28-26-45-24-22-42(2)41(43)50-35-40-38-20-15-13-18-36(38)37-19-14-16-21-39(37)40/h13-16,18-21,40H,3-12,17,22-35H2,1-2H3. The van der Waals surface area contributed by atoms with Crippen molar-refractivity contribution in [2.75, 3.05) is 99.5 Å². The number of likely N-dealkylation sites (N-methyl/N-ethyl adjacent to an activating group) is 1. The third-order valence-corrected chi connectivity index (χ3v) is 8.97. The van der Waals surface area contributed by atoms with Gasteiger partial charge >= 0.3 is 6.09 Å². The van der Waals surface area contributed by atoms with E-state index in [2.05, 4.69) is 31.2 Å². The summed E-state index contributed by atoms with van der Waals surface area (Å²) in [5.41, 5.74) is 4.83. The molecule has 9 heteroatoms. The molecule has 0 unspecified atom stereocenters. The summed E-state index contributed by atoms with van der Waals surface area (Å²) in [6.07, 6.45) is 14.5. The van der Waals surface area contributed by atoms with Crippen LogP contribution in [0.1, 0.15) is 94.6 Å². The maximum Gasteiger partial charge on any atom is 0.409 e. The fourth-order valence-electron chi connectivity index (χ4n) is 6.07. The third-order valence-electron chi connectivity index (χ3n) is 8.97. The predicted molar refractivity (Wildman–Crippen MR) is 199 cm³/mol. The number of nitrogens with zero attached hydrogens (tertiary/aromatic N) is 1. The van der Waals surface area contributed by atoms with E-state index in [4.69, 9.17) is 33.2 Å². The zero-order valence-corrected chi connectivity index (χ0v) is 31.1. The molecule has 0 bridgehead atoms. The predicted octanol–water partition coefficient (Wildman–Crippen LogP) is 8.28. The van der Waals surface area contributed by atoms with Gasteiger partial charge in [-0.3, -0.25) is 0 Å². The maximum absolute atomic E-state index is 12.6. The third kappa shape index (κ3) is 17.6. The lowest BCUT2D eigenvalue weighted by Crippen LogP contribution is -2.32. The first-order valence-corrected chi connectivity index (χ1v) is 19.2. The van der Waals surface area contributed by atoms with Crippen molar-refractivity contribution in [2.45, 2.75) is 83.5 Å². The molecule has 0 aliphatic heterocycles. The van der Waals surface area contributed by atoms with E-state index in [9.17, 15) is 4.79 Å². The molecule has 0 saturated carbocycles.